The second-order valence-corrected chi connectivity index (χ2v) is 6.74. The summed E-state index contributed by atoms with van der Waals surface area (Å²) in [5.41, 5.74) is 0.277. The van der Waals surface area contributed by atoms with Crippen molar-refractivity contribution in [2.75, 3.05) is 38.2 Å². The molecule has 1 aromatic carbocycles. The van der Waals surface area contributed by atoms with Crippen molar-refractivity contribution in [3.63, 3.8) is 0 Å². The van der Waals surface area contributed by atoms with Gasteiger partial charge in [-0.3, -0.25) is 4.79 Å². The summed E-state index contributed by atoms with van der Waals surface area (Å²) in [5, 5.41) is 25.3. The van der Waals surface area contributed by atoms with Crippen molar-refractivity contribution in [1.29, 1.82) is 0 Å². The van der Waals surface area contributed by atoms with E-state index < -0.39 is 36.3 Å². The first-order chi connectivity index (χ1) is 13.4. The average molecular weight is 397 g/mol. The van der Waals surface area contributed by atoms with E-state index in [4.69, 9.17) is 9.47 Å². The monoisotopic (exact) mass is 397 g/mol. The summed E-state index contributed by atoms with van der Waals surface area (Å²) in [4.78, 5) is 25.8. The number of aliphatic hydroxyl groups excluding tert-OH is 2. The number of hydrogen-bond acceptors (Lipinski definition) is 6. The molecule has 3 amide bonds. The van der Waals surface area contributed by atoms with Gasteiger partial charge in [-0.1, -0.05) is 6.07 Å². The number of aliphatic hydroxyl groups is 2. The van der Waals surface area contributed by atoms with E-state index >= 15 is 0 Å². The number of benzene rings is 1. The Labute approximate surface area is 161 Å². The molecule has 4 N–H and O–H groups in total. The Hall–Kier alpha value is -2.27. The second-order valence-electron chi connectivity index (χ2n) is 6.74. The fourth-order valence-corrected chi connectivity index (χ4v) is 3.21. The van der Waals surface area contributed by atoms with Gasteiger partial charge in [-0.05, 0) is 18.2 Å². The van der Waals surface area contributed by atoms with Gasteiger partial charge >= 0.3 is 6.03 Å². The Kier molecular flexibility index (Phi) is 6.79. The van der Waals surface area contributed by atoms with Gasteiger partial charge in [0.15, 0.2) is 0 Å². The highest BCUT2D eigenvalue weighted by Gasteiger charge is 2.43. The fraction of sp³-hybridized carbons (Fsp3) is 0.556. The Morgan fingerprint density at radius 3 is 2.61 bits per heavy atom. The van der Waals surface area contributed by atoms with Gasteiger partial charge in [-0.2, -0.15) is 0 Å². The summed E-state index contributed by atoms with van der Waals surface area (Å²) >= 11 is 0. The van der Waals surface area contributed by atoms with Crippen molar-refractivity contribution in [2.45, 2.75) is 30.8 Å². The Morgan fingerprint density at radius 1 is 1.18 bits per heavy atom. The lowest BCUT2D eigenvalue weighted by Gasteiger charge is -2.28. The molecule has 3 rings (SSSR count). The zero-order valence-corrected chi connectivity index (χ0v) is 15.2. The number of urea groups is 1. The standard InChI is InChI=1S/C18H24FN3O6/c19-11-2-1-3-12(8-11)21-18(26)20-10-14-17(25)16(24)13(28-14)9-15(23)22-4-6-27-7-5-22/h1-3,8,13-14,16-17,24-25H,4-7,9-10H2,(H2,20,21,26)/t13-,14-,16-,17+/m0/s1. The molecule has 2 fully saturated rings. The number of rotatable bonds is 5. The lowest BCUT2D eigenvalue weighted by atomic mass is 10.0. The van der Waals surface area contributed by atoms with Crippen molar-refractivity contribution >= 4 is 17.6 Å². The molecule has 1 aromatic rings. The Bertz CT molecular complexity index is 700. The minimum Gasteiger partial charge on any atom is -0.388 e. The van der Waals surface area contributed by atoms with Crippen LogP contribution in [0.5, 0.6) is 0 Å². The van der Waals surface area contributed by atoms with Gasteiger partial charge in [0.05, 0.1) is 25.7 Å². The van der Waals surface area contributed by atoms with E-state index in [1.165, 1.54) is 18.2 Å². The summed E-state index contributed by atoms with van der Waals surface area (Å²) in [6, 6.07) is 4.80. The van der Waals surface area contributed by atoms with Crippen LogP contribution in [0.3, 0.4) is 0 Å². The molecule has 0 radical (unpaired) electrons. The van der Waals surface area contributed by atoms with E-state index in [2.05, 4.69) is 10.6 Å². The fourth-order valence-electron chi connectivity index (χ4n) is 3.21. The maximum absolute atomic E-state index is 13.1. The van der Waals surface area contributed by atoms with E-state index in [9.17, 15) is 24.2 Å². The predicted octanol–water partition coefficient (Wildman–Crippen LogP) is -0.315. The van der Waals surface area contributed by atoms with E-state index in [1.54, 1.807) is 4.90 Å². The van der Waals surface area contributed by atoms with Gasteiger partial charge < -0.3 is 35.2 Å². The number of nitrogens with one attached hydrogen (secondary N) is 2. The van der Waals surface area contributed by atoms with Crippen LogP contribution < -0.4 is 10.6 Å². The van der Waals surface area contributed by atoms with E-state index in [0.717, 1.165) is 6.07 Å². The van der Waals surface area contributed by atoms with Crippen molar-refractivity contribution in [3.8, 4) is 0 Å². The van der Waals surface area contributed by atoms with Gasteiger partial charge in [-0.25, -0.2) is 9.18 Å². The quantitative estimate of drug-likeness (QED) is 0.541. The topological polar surface area (TPSA) is 120 Å². The zero-order valence-electron chi connectivity index (χ0n) is 15.2. The molecule has 0 spiro atoms. The van der Waals surface area contributed by atoms with Crippen LogP contribution in [0.4, 0.5) is 14.9 Å². The number of nitrogens with zero attached hydrogens (tertiary/aromatic N) is 1. The maximum atomic E-state index is 13.1. The summed E-state index contributed by atoms with van der Waals surface area (Å²) in [6.45, 7) is 1.82. The molecular weight excluding hydrogens is 373 g/mol. The van der Waals surface area contributed by atoms with E-state index in [-0.39, 0.29) is 24.6 Å². The average Bonchev–Trinajstić information content (AvgIpc) is 2.95. The summed E-state index contributed by atoms with van der Waals surface area (Å²) in [7, 11) is 0. The molecule has 2 heterocycles. The van der Waals surface area contributed by atoms with Crippen molar-refractivity contribution in [2.24, 2.45) is 0 Å². The lowest BCUT2D eigenvalue weighted by molar-refractivity contribution is -0.139. The molecule has 28 heavy (non-hydrogen) atoms. The normalized spacial score (nSPS) is 27.5. The van der Waals surface area contributed by atoms with E-state index in [0.29, 0.717) is 26.3 Å². The minimum absolute atomic E-state index is 0.0653. The molecule has 0 aromatic heterocycles. The molecule has 2 aliphatic heterocycles. The molecule has 0 aliphatic carbocycles. The highest BCUT2D eigenvalue weighted by Crippen LogP contribution is 2.24. The summed E-state index contributed by atoms with van der Waals surface area (Å²) in [6.07, 6.45) is -4.26. The van der Waals surface area contributed by atoms with Crippen LogP contribution >= 0.6 is 0 Å². The number of carbonyl (C=O) groups is 2. The lowest BCUT2D eigenvalue weighted by Crippen LogP contribution is -2.43. The van der Waals surface area contributed by atoms with Crippen LogP contribution in [0.15, 0.2) is 24.3 Å². The minimum atomic E-state index is -1.24. The molecule has 154 valence electrons. The van der Waals surface area contributed by atoms with Crippen LogP contribution in [0, 0.1) is 5.82 Å². The number of anilines is 1. The second kappa shape index (κ2) is 9.28. The van der Waals surface area contributed by atoms with Crippen LogP contribution in [-0.4, -0.2) is 84.3 Å². The molecule has 0 bridgehead atoms. The SMILES string of the molecule is O=C(NC[C@@H]1O[C@@H](CC(=O)N2CCOCC2)[C@H](O)[C@@H]1O)Nc1cccc(F)c1. The van der Waals surface area contributed by atoms with Gasteiger partial charge in [0, 0.05) is 25.3 Å². The molecule has 2 saturated heterocycles. The molecule has 4 atom stereocenters. The first-order valence-corrected chi connectivity index (χ1v) is 9.11. The maximum Gasteiger partial charge on any atom is 0.319 e. The van der Waals surface area contributed by atoms with E-state index in [1.807, 2.05) is 0 Å². The zero-order chi connectivity index (χ0) is 20.1. The van der Waals surface area contributed by atoms with Crippen LogP contribution in [0.25, 0.3) is 0 Å². The highest BCUT2D eigenvalue weighted by molar-refractivity contribution is 5.89. The number of morpholine rings is 1. The van der Waals surface area contributed by atoms with Gasteiger partial charge in [0.25, 0.3) is 0 Å². The Balaban J connectivity index is 1.46. The van der Waals surface area contributed by atoms with Crippen LogP contribution in [0.1, 0.15) is 6.42 Å². The van der Waals surface area contributed by atoms with Crippen molar-refractivity contribution in [1.82, 2.24) is 10.2 Å². The smallest absolute Gasteiger partial charge is 0.319 e. The van der Waals surface area contributed by atoms with Crippen molar-refractivity contribution in [3.05, 3.63) is 30.1 Å². The van der Waals surface area contributed by atoms with Gasteiger partial charge in [0.2, 0.25) is 5.91 Å². The third-order valence-electron chi connectivity index (χ3n) is 4.75. The number of halogens is 1. The highest BCUT2D eigenvalue weighted by atomic mass is 19.1. The molecule has 0 unspecified atom stereocenters. The Morgan fingerprint density at radius 2 is 1.89 bits per heavy atom. The number of carbonyl (C=O) groups excluding carboxylic acids is 2. The van der Waals surface area contributed by atoms with Crippen LogP contribution in [-0.2, 0) is 14.3 Å². The predicted molar refractivity (Wildman–Crippen MR) is 96.1 cm³/mol. The molecule has 2 aliphatic rings. The molecular formula is C18H24FN3O6. The number of amides is 3. The number of hydrogen-bond donors (Lipinski definition) is 4. The van der Waals surface area contributed by atoms with Crippen LogP contribution in [0.2, 0.25) is 0 Å². The third-order valence-corrected chi connectivity index (χ3v) is 4.75. The van der Waals surface area contributed by atoms with Gasteiger partial charge in [-0.15, -0.1) is 0 Å². The largest absolute Gasteiger partial charge is 0.388 e. The molecule has 10 heteroatoms. The van der Waals surface area contributed by atoms with Crippen molar-refractivity contribution < 1.29 is 33.7 Å². The molecule has 9 nitrogen and oxygen atoms in total. The molecule has 0 saturated carbocycles. The van der Waals surface area contributed by atoms with Gasteiger partial charge in [0.1, 0.15) is 24.1 Å². The first-order valence-electron chi connectivity index (χ1n) is 9.11. The third kappa shape index (κ3) is 5.16. The summed E-state index contributed by atoms with van der Waals surface area (Å²) < 4.78 is 23.9. The number of ether oxygens (including phenoxy) is 2. The summed E-state index contributed by atoms with van der Waals surface area (Å²) in [5.74, 6) is -0.666. The first kappa shape index (κ1) is 20.5.